The second-order valence-corrected chi connectivity index (χ2v) is 11.2. The molecule has 2 aliphatic rings. The molecular formula is C31H40N6O3. The standard InChI is InChI=1S/C31H40N6O3/c1-21-19-22(2)37(35-21)27-7-3-5-25(20-27)30(38)34-28(31(39)40)14-18-36-16-12-23(13-17-36)8-10-26-11-9-24-6-4-15-32-29(24)33-26/h3,5,7,9,11,19-20,23,28H,4,6,8,10,12-18H2,1-2H3,(H,32,33)(H,34,38)(H,39,40). The van der Waals surface area contributed by atoms with Crippen LogP contribution in [0.15, 0.2) is 42.5 Å². The van der Waals surface area contributed by atoms with Gasteiger partial charge in [0.1, 0.15) is 11.9 Å². The zero-order chi connectivity index (χ0) is 28.1. The van der Waals surface area contributed by atoms with Gasteiger partial charge in [0.25, 0.3) is 5.91 Å². The van der Waals surface area contributed by atoms with Gasteiger partial charge in [-0.25, -0.2) is 14.5 Å². The van der Waals surface area contributed by atoms with Gasteiger partial charge in [-0.2, -0.15) is 5.10 Å². The maximum atomic E-state index is 13.0. The van der Waals surface area contributed by atoms with Gasteiger partial charge in [0.05, 0.1) is 11.4 Å². The van der Waals surface area contributed by atoms with Crippen LogP contribution in [0.2, 0.25) is 0 Å². The first-order chi connectivity index (χ1) is 19.4. The summed E-state index contributed by atoms with van der Waals surface area (Å²) in [6, 6.07) is 12.6. The Kier molecular flexibility index (Phi) is 8.79. The van der Waals surface area contributed by atoms with Crippen LogP contribution in [0.3, 0.4) is 0 Å². The summed E-state index contributed by atoms with van der Waals surface area (Å²) in [6.45, 7) is 7.44. The number of carbonyl (C=O) groups excluding carboxylic acids is 1. The second-order valence-electron chi connectivity index (χ2n) is 11.2. The Bertz CT molecular complexity index is 1340. The van der Waals surface area contributed by atoms with E-state index in [4.69, 9.17) is 4.98 Å². The van der Waals surface area contributed by atoms with Crippen molar-refractivity contribution in [3.63, 3.8) is 0 Å². The summed E-state index contributed by atoms with van der Waals surface area (Å²) in [5.74, 6) is 0.325. The normalized spacial score (nSPS) is 16.6. The smallest absolute Gasteiger partial charge is 0.326 e. The number of carboxylic acid groups (broad SMARTS) is 1. The van der Waals surface area contributed by atoms with Gasteiger partial charge >= 0.3 is 5.97 Å². The van der Waals surface area contributed by atoms with Gasteiger partial charge in [0.15, 0.2) is 0 Å². The number of aryl methyl sites for hydroxylation is 4. The molecule has 1 saturated heterocycles. The molecule has 0 radical (unpaired) electrons. The molecule has 0 spiro atoms. The number of fused-ring (bicyclic) bond motifs is 1. The molecule has 4 heterocycles. The number of nitrogens with zero attached hydrogens (tertiary/aromatic N) is 4. The lowest BCUT2D eigenvalue weighted by molar-refractivity contribution is -0.139. The van der Waals surface area contributed by atoms with Crippen molar-refractivity contribution in [1.29, 1.82) is 0 Å². The molecule has 0 saturated carbocycles. The molecule has 1 atom stereocenters. The van der Waals surface area contributed by atoms with Crippen LogP contribution in [0.5, 0.6) is 0 Å². The molecule has 1 amide bonds. The fourth-order valence-corrected chi connectivity index (χ4v) is 5.84. The minimum atomic E-state index is -1.01. The predicted octanol–water partition coefficient (Wildman–Crippen LogP) is 4.16. The van der Waals surface area contributed by atoms with Crippen LogP contribution in [0.1, 0.15) is 65.1 Å². The zero-order valence-electron chi connectivity index (χ0n) is 23.5. The van der Waals surface area contributed by atoms with Crippen molar-refractivity contribution in [3.05, 3.63) is 70.7 Å². The number of hydrogen-bond acceptors (Lipinski definition) is 6. The van der Waals surface area contributed by atoms with E-state index in [1.54, 1.807) is 22.9 Å². The van der Waals surface area contributed by atoms with Crippen LogP contribution in [-0.4, -0.2) is 68.9 Å². The quantitative estimate of drug-likeness (QED) is 0.351. The highest BCUT2D eigenvalue weighted by Gasteiger charge is 2.24. The Hall–Kier alpha value is -3.72. The van der Waals surface area contributed by atoms with E-state index in [0.29, 0.717) is 24.4 Å². The summed E-state index contributed by atoms with van der Waals surface area (Å²) in [4.78, 5) is 32.1. The number of piperidine rings is 1. The van der Waals surface area contributed by atoms with Gasteiger partial charge in [-0.15, -0.1) is 0 Å². The molecule has 40 heavy (non-hydrogen) atoms. The van der Waals surface area contributed by atoms with Gasteiger partial charge in [-0.1, -0.05) is 12.1 Å². The number of pyridine rings is 1. The number of nitrogens with one attached hydrogen (secondary N) is 2. The fourth-order valence-electron chi connectivity index (χ4n) is 5.84. The summed E-state index contributed by atoms with van der Waals surface area (Å²) in [5, 5.41) is 20.4. The van der Waals surface area contributed by atoms with E-state index < -0.39 is 12.0 Å². The van der Waals surface area contributed by atoms with Crippen LogP contribution in [0.25, 0.3) is 5.69 Å². The lowest BCUT2D eigenvalue weighted by Gasteiger charge is -2.32. The molecule has 3 N–H and O–H groups in total. The number of likely N-dealkylation sites (tertiary alicyclic amines) is 1. The van der Waals surface area contributed by atoms with Gasteiger partial charge in [0.2, 0.25) is 0 Å². The molecule has 9 heteroatoms. The van der Waals surface area contributed by atoms with Crippen molar-refractivity contribution < 1.29 is 14.7 Å². The van der Waals surface area contributed by atoms with Crippen LogP contribution in [-0.2, 0) is 17.6 Å². The van der Waals surface area contributed by atoms with E-state index in [1.807, 2.05) is 26.0 Å². The van der Waals surface area contributed by atoms with Gasteiger partial charge in [-0.3, -0.25) is 4.79 Å². The molecule has 3 aromatic rings. The van der Waals surface area contributed by atoms with Crippen LogP contribution in [0.4, 0.5) is 5.82 Å². The predicted molar refractivity (Wildman–Crippen MR) is 155 cm³/mol. The third-order valence-electron chi connectivity index (χ3n) is 8.17. The number of carbonyl (C=O) groups is 2. The molecule has 1 fully saturated rings. The molecule has 9 nitrogen and oxygen atoms in total. The van der Waals surface area contributed by atoms with E-state index in [9.17, 15) is 14.7 Å². The molecular weight excluding hydrogens is 504 g/mol. The number of hydrogen-bond donors (Lipinski definition) is 3. The monoisotopic (exact) mass is 544 g/mol. The topological polar surface area (TPSA) is 112 Å². The fraction of sp³-hybridized carbons (Fsp3) is 0.484. The number of benzene rings is 1. The second kappa shape index (κ2) is 12.6. The molecule has 2 aliphatic heterocycles. The summed E-state index contributed by atoms with van der Waals surface area (Å²) in [5.41, 5.74) is 5.54. The Morgan fingerprint density at radius 2 is 1.98 bits per heavy atom. The van der Waals surface area contributed by atoms with Crippen molar-refractivity contribution in [3.8, 4) is 5.69 Å². The van der Waals surface area contributed by atoms with E-state index in [1.165, 1.54) is 12.0 Å². The summed E-state index contributed by atoms with van der Waals surface area (Å²) in [6.07, 6.45) is 6.98. The first kappa shape index (κ1) is 27.8. The van der Waals surface area contributed by atoms with Crippen molar-refractivity contribution in [1.82, 2.24) is 25.0 Å². The Morgan fingerprint density at radius 3 is 2.73 bits per heavy atom. The highest BCUT2D eigenvalue weighted by molar-refractivity contribution is 5.97. The minimum Gasteiger partial charge on any atom is -0.480 e. The minimum absolute atomic E-state index is 0.370. The Morgan fingerprint density at radius 1 is 1.15 bits per heavy atom. The molecule has 212 valence electrons. The van der Waals surface area contributed by atoms with Gasteiger partial charge in [0, 0.05) is 30.0 Å². The average molecular weight is 545 g/mol. The third-order valence-corrected chi connectivity index (χ3v) is 8.17. The SMILES string of the molecule is Cc1cc(C)n(-c2cccc(C(=O)NC(CCN3CCC(CCc4ccc5c(n4)NCCC5)CC3)C(=O)O)c2)n1. The highest BCUT2D eigenvalue weighted by Crippen LogP contribution is 2.25. The summed E-state index contributed by atoms with van der Waals surface area (Å²) < 4.78 is 1.78. The van der Waals surface area contributed by atoms with Crippen LogP contribution < -0.4 is 10.6 Å². The first-order valence-corrected chi connectivity index (χ1v) is 14.5. The number of carboxylic acids is 1. The lowest BCUT2D eigenvalue weighted by Crippen LogP contribution is -2.44. The molecule has 1 aromatic carbocycles. The average Bonchev–Trinajstić information content (AvgIpc) is 3.31. The van der Waals surface area contributed by atoms with E-state index in [-0.39, 0.29) is 5.91 Å². The largest absolute Gasteiger partial charge is 0.480 e. The Balaban J connectivity index is 1.08. The third kappa shape index (κ3) is 6.88. The molecule has 0 aliphatic carbocycles. The number of anilines is 1. The van der Waals surface area contributed by atoms with Gasteiger partial charge in [-0.05, 0) is 114 Å². The molecule has 2 aromatic heterocycles. The maximum absolute atomic E-state index is 13.0. The summed E-state index contributed by atoms with van der Waals surface area (Å²) in [7, 11) is 0. The molecule has 0 bridgehead atoms. The van der Waals surface area contributed by atoms with Crippen molar-refractivity contribution in [2.75, 3.05) is 31.5 Å². The number of rotatable bonds is 10. The number of amides is 1. The molecule has 5 rings (SSSR count). The first-order valence-electron chi connectivity index (χ1n) is 14.5. The highest BCUT2D eigenvalue weighted by atomic mass is 16.4. The lowest BCUT2D eigenvalue weighted by atomic mass is 9.91. The van der Waals surface area contributed by atoms with E-state index in [2.05, 4.69) is 32.8 Å². The Labute approximate surface area is 236 Å². The van der Waals surface area contributed by atoms with Gasteiger partial charge < -0.3 is 20.6 Å². The summed E-state index contributed by atoms with van der Waals surface area (Å²) >= 11 is 0. The van der Waals surface area contributed by atoms with E-state index in [0.717, 1.165) is 80.3 Å². The number of aromatic nitrogens is 3. The van der Waals surface area contributed by atoms with Crippen molar-refractivity contribution >= 4 is 17.7 Å². The van der Waals surface area contributed by atoms with Crippen LogP contribution in [0, 0.1) is 19.8 Å². The van der Waals surface area contributed by atoms with Crippen molar-refractivity contribution in [2.24, 2.45) is 5.92 Å². The van der Waals surface area contributed by atoms with E-state index >= 15 is 0 Å². The van der Waals surface area contributed by atoms with Crippen LogP contribution >= 0.6 is 0 Å². The van der Waals surface area contributed by atoms with Crippen molar-refractivity contribution in [2.45, 2.75) is 64.8 Å². The zero-order valence-corrected chi connectivity index (χ0v) is 23.5. The number of aliphatic carboxylic acids is 1. The molecule has 1 unspecified atom stereocenters. The maximum Gasteiger partial charge on any atom is 0.326 e.